The van der Waals surface area contributed by atoms with Crippen LogP contribution in [0, 0.1) is 11.3 Å². The molecule has 3 rings (SSSR count). The zero-order valence-corrected chi connectivity index (χ0v) is 15.6. The first kappa shape index (κ1) is 18.7. The summed E-state index contributed by atoms with van der Waals surface area (Å²) in [7, 11) is -3.95. The number of amides is 1. The van der Waals surface area contributed by atoms with Gasteiger partial charge in [0, 0.05) is 6.07 Å². The minimum atomic E-state index is -3.95. The molecule has 11 heteroatoms. The second kappa shape index (κ2) is 6.00. The van der Waals surface area contributed by atoms with Crippen molar-refractivity contribution in [2.45, 2.75) is 29.5 Å². The number of fused-ring (bicyclic) bond motifs is 1. The second-order valence-electron chi connectivity index (χ2n) is 5.47. The Morgan fingerprint density at radius 3 is 2.79 bits per heavy atom. The number of carboxylic acid groups (broad SMARTS) is 1. The van der Waals surface area contributed by atoms with Crippen LogP contribution in [0.2, 0.25) is 0 Å². The summed E-state index contributed by atoms with van der Waals surface area (Å²) in [5.74, 6) is -2.10. The average molecular weight is 359 g/mol. The van der Waals surface area contributed by atoms with Gasteiger partial charge in [-0.05, 0) is 13.0 Å². The van der Waals surface area contributed by atoms with Crippen molar-refractivity contribution in [3.05, 3.63) is 23.6 Å². The van der Waals surface area contributed by atoms with Gasteiger partial charge in [0.05, 0.1) is 18.4 Å². The summed E-state index contributed by atoms with van der Waals surface area (Å²) < 4.78 is 28.1. The molecule has 1 aromatic heterocycles. The molecule has 3 atom stereocenters. The zero-order chi connectivity index (χ0) is 17.0. The number of carboxylic acids is 1. The summed E-state index contributed by atoms with van der Waals surface area (Å²) in [6, 6.07) is 1.40. The third-order valence-electron chi connectivity index (χ3n) is 4.18. The Bertz CT molecular complexity index is 886. The summed E-state index contributed by atoms with van der Waals surface area (Å²) in [5.41, 5.74) is -0.000435. The summed E-state index contributed by atoms with van der Waals surface area (Å²) in [6.07, 6.45) is 2.12. The molecule has 3 heterocycles. The molecular weight excluding hydrogens is 349 g/mol. The van der Waals surface area contributed by atoms with E-state index in [2.05, 4.69) is 5.16 Å². The fourth-order valence-corrected chi connectivity index (χ4v) is 5.16. The molecule has 0 radical (unpaired) electrons. The van der Waals surface area contributed by atoms with Crippen LogP contribution < -0.4 is 34.7 Å². The summed E-state index contributed by atoms with van der Waals surface area (Å²) in [6.45, 7) is 1.21. The predicted octanol–water partition coefficient (Wildman–Crippen LogP) is -4.57. The van der Waals surface area contributed by atoms with Crippen molar-refractivity contribution in [1.82, 2.24) is 10.1 Å². The van der Waals surface area contributed by atoms with Crippen molar-refractivity contribution in [2.24, 2.45) is 0 Å². The summed E-state index contributed by atoms with van der Waals surface area (Å²) in [5, 5.41) is 22.3. The van der Waals surface area contributed by atoms with Gasteiger partial charge < -0.3 is 19.3 Å². The summed E-state index contributed by atoms with van der Waals surface area (Å²) in [4.78, 5) is 23.9. The van der Waals surface area contributed by atoms with Crippen molar-refractivity contribution in [3.63, 3.8) is 0 Å². The second-order valence-corrected chi connectivity index (χ2v) is 7.98. The minimum absolute atomic E-state index is 0. The number of aromatic nitrogens is 1. The molecule has 0 bridgehead atoms. The van der Waals surface area contributed by atoms with E-state index in [0.29, 0.717) is 0 Å². The monoisotopic (exact) mass is 359 g/mol. The quantitative estimate of drug-likeness (QED) is 0.387. The molecule has 0 aliphatic carbocycles. The Morgan fingerprint density at radius 2 is 2.29 bits per heavy atom. The van der Waals surface area contributed by atoms with Crippen molar-refractivity contribution in [2.75, 3.05) is 0 Å². The Hall–Kier alpha value is -1.67. The van der Waals surface area contributed by atoms with E-state index < -0.39 is 37.9 Å². The van der Waals surface area contributed by atoms with E-state index in [4.69, 9.17) is 9.78 Å². The zero-order valence-electron chi connectivity index (χ0n) is 12.8. The van der Waals surface area contributed by atoms with Crippen LogP contribution in [0.5, 0.6) is 0 Å². The first-order valence-electron chi connectivity index (χ1n) is 6.54. The number of rotatable bonds is 3. The summed E-state index contributed by atoms with van der Waals surface area (Å²) >= 11 is 0. The molecule has 1 aromatic rings. The number of nitriles is 1. The van der Waals surface area contributed by atoms with Crippen LogP contribution >= 0.6 is 0 Å². The van der Waals surface area contributed by atoms with Crippen LogP contribution in [-0.4, -0.2) is 46.5 Å². The smallest absolute Gasteiger partial charge is 0.548 e. The van der Waals surface area contributed by atoms with Crippen molar-refractivity contribution in [3.8, 4) is 6.07 Å². The Morgan fingerprint density at radius 1 is 1.62 bits per heavy atom. The molecule has 1 amide bonds. The van der Waals surface area contributed by atoms with Crippen molar-refractivity contribution in [1.29, 1.82) is 5.26 Å². The van der Waals surface area contributed by atoms with Crippen LogP contribution in [0.4, 0.5) is 0 Å². The standard InChI is InChI=1S/C13H11N3O6S.Na/c1-13(3-2-8-4-7(6-14)15-22-8)11(12(18)19)16-9(17)5-10(16)23(13,20)21;/h2-4,10-11H,5H2,1H3,(H,18,19);/q;+1/p-1/b3-2-;/t10-,11+,13+;/m1./s1. The molecular formula is C13H10N3NaO6S. The molecule has 0 N–H and O–H groups in total. The van der Waals surface area contributed by atoms with E-state index in [1.54, 1.807) is 6.07 Å². The van der Waals surface area contributed by atoms with Gasteiger partial charge in [-0.1, -0.05) is 11.2 Å². The van der Waals surface area contributed by atoms with Gasteiger partial charge in [-0.25, -0.2) is 8.42 Å². The molecule has 120 valence electrons. The third kappa shape index (κ3) is 2.39. The average Bonchev–Trinajstić information content (AvgIpc) is 2.99. The number of hydrogen-bond donors (Lipinski definition) is 0. The van der Waals surface area contributed by atoms with E-state index in [9.17, 15) is 23.1 Å². The molecule has 0 unspecified atom stereocenters. The number of carbonyl (C=O) groups is 2. The molecule has 0 spiro atoms. The number of aliphatic carboxylic acids is 1. The molecule has 9 nitrogen and oxygen atoms in total. The topological polar surface area (TPSA) is 144 Å². The van der Waals surface area contributed by atoms with Crippen LogP contribution in [0.25, 0.3) is 6.08 Å². The number of carbonyl (C=O) groups excluding carboxylic acids is 2. The van der Waals surface area contributed by atoms with Gasteiger partial charge in [0.2, 0.25) is 5.91 Å². The first-order valence-corrected chi connectivity index (χ1v) is 8.08. The first-order chi connectivity index (χ1) is 10.7. The van der Waals surface area contributed by atoms with Gasteiger partial charge in [-0.2, -0.15) is 5.26 Å². The molecule has 2 aliphatic heterocycles. The Labute approximate surface area is 159 Å². The molecule has 24 heavy (non-hydrogen) atoms. The molecule has 2 saturated heterocycles. The van der Waals surface area contributed by atoms with Crippen LogP contribution in [0.3, 0.4) is 0 Å². The number of hydrogen-bond acceptors (Lipinski definition) is 8. The van der Waals surface area contributed by atoms with Gasteiger partial charge >= 0.3 is 29.6 Å². The maximum absolute atomic E-state index is 12.6. The van der Waals surface area contributed by atoms with E-state index in [-0.39, 0.29) is 47.4 Å². The molecule has 2 aliphatic rings. The number of nitrogens with zero attached hydrogens (tertiary/aromatic N) is 3. The Balaban J connectivity index is 0.00000208. The normalized spacial score (nSPS) is 30.3. The van der Waals surface area contributed by atoms with Crippen molar-refractivity contribution >= 4 is 27.8 Å². The van der Waals surface area contributed by atoms with Gasteiger partial charge in [0.15, 0.2) is 21.3 Å². The molecule has 2 fully saturated rings. The number of sulfone groups is 1. The van der Waals surface area contributed by atoms with Gasteiger partial charge in [0.1, 0.15) is 16.2 Å². The van der Waals surface area contributed by atoms with Gasteiger partial charge in [0.25, 0.3) is 0 Å². The van der Waals surface area contributed by atoms with Crippen LogP contribution in [-0.2, 0) is 19.4 Å². The SMILES string of the molecule is C[C@]1(/C=C\c2cc(C#N)no2)[C@H](C(=O)[O-])N2C(=O)C[C@H]2S1(=O)=O.[Na+]. The van der Waals surface area contributed by atoms with Crippen LogP contribution in [0.15, 0.2) is 16.7 Å². The maximum atomic E-state index is 12.6. The van der Waals surface area contributed by atoms with Gasteiger partial charge in [-0.3, -0.25) is 4.79 Å². The van der Waals surface area contributed by atoms with Crippen molar-refractivity contribution < 1.29 is 57.2 Å². The Kier molecular flexibility index (Phi) is 4.67. The van der Waals surface area contributed by atoms with E-state index in [0.717, 1.165) is 11.0 Å². The van der Waals surface area contributed by atoms with Gasteiger partial charge in [-0.15, -0.1) is 0 Å². The fraction of sp³-hybridized carbons (Fsp3) is 0.385. The number of β-lactam (4-membered cyclic amide) rings is 1. The maximum Gasteiger partial charge on any atom is 1.00 e. The van der Waals surface area contributed by atoms with E-state index >= 15 is 0 Å². The largest absolute Gasteiger partial charge is 1.00 e. The fourth-order valence-electron chi connectivity index (χ4n) is 2.90. The molecule has 0 saturated carbocycles. The predicted molar refractivity (Wildman–Crippen MR) is 71.6 cm³/mol. The minimum Gasteiger partial charge on any atom is -0.548 e. The van der Waals surface area contributed by atoms with E-state index in [1.165, 1.54) is 19.1 Å². The third-order valence-corrected chi connectivity index (χ3v) is 6.88. The van der Waals surface area contributed by atoms with Crippen LogP contribution in [0.1, 0.15) is 24.8 Å². The molecule has 0 aromatic carbocycles. The van der Waals surface area contributed by atoms with E-state index in [1.807, 2.05) is 0 Å².